The number of benzene rings is 2. The lowest BCUT2D eigenvalue weighted by Gasteiger charge is -2.31. The Morgan fingerprint density at radius 3 is 2.62 bits per heavy atom. The molecular formula is C27H34N4O2S. The van der Waals surface area contributed by atoms with Crippen LogP contribution in [-0.4, -0.2) is 58.3 Å². The Labute approximate surface area is 206 Å². The van der Waals surface area contributed by atoms with Crippen molar-refractivity contribution in [1.29, 1.82) is 0 Å². The first-order chi connectivity index (χ1) is 16.7. The molecule has 3 heterocycles. The molecule has 0 N–H and O–H groups in total. The van der Waals surface area contributed by atoms with Crippen molar-refractivity contribution >= 4 is 11.8 Å². The van der Waals surface area contributed by atoms with Crippen LogP contribution in [0, 0.1) is 6.92 Å². The summed E-state index contributed by atoms with van der Waals surface area (Å²) in [6.45, 7) is 6.17. The zero-order valence-electron chi connectivity index (χ0n) is 20.2. The highest BCUT2D eigenvalue weighted by Gasteiger charge is 2.28. The van der Waals surface area contributed by atoms with Crippen LogP contribution in [0.1, 0.15) is 48.6 Å². The normalized spacial score (nSPS) is 19.5. The summed E-state index contributed by atoms with van der Waals surface area (Å²) in [5, 5.41) is 10.3. The molecule has 6 nitrogen and oxygen atoms in total. The predicted octanol–water partition coefficient (Wildman–Crippen LogP) is 5.24. The number of piperidine rings is 1. The third-order valence-corrected chi connectivity index (χ3v) is 7.93. The second kappa shape index (κ2) is 10.9. The van der Waals surface area contributed by atoms with Crippen molar-refractivity contribution in [2.75, 3.05) is 32.6 Å². The topological polar surface area (TPSA) is 52.4 Å². The molecule has 5 rings (SSSR count). The van der Waals surface area contributed by atoms with Crippen molar-refractivity contribution in [3.8, 4) is 11.4 Å². The summed E-state index contributed by atoms with van der Waals surface area (Å²) in [6.07, 6.45) is 4.77. The highest BCUT2D eigenvalue weighted by molar-refractivity contribution is 7.99. The first kappa shape index (κ1) is 23.4. The molecule has 0 radical (unpaired) electrons. The molecule has 7 heteroatoms. The largest absolute Gasteiger partial charge is 0.497 e. The van der Waals surface area contributed by atoms with Gasteiger partial charge in [0.2, 0.25) is 0 Å². The molecule has 0 bridgehead atoms. The summed E-state index contributed by atoms with van der Waals surface area (Å²) in [7, 11) is 1.71. The van der Waals surface area contributed by atoms with E-state index in [2.05, 4.69) is 57.9 Å². The van der Waals surface area contributed by atoms with E-state index in [-0.39, 0.29) is 0 Å². The van der Waals surface area contributed by atoms with E-state index in [1.54, 1.807) is 18.9 Å². The molecule has 2 aromatic carbocycles. The van der Waals surface area contributed by atoms with Gasteiger partial charge in [-0.05, 0) is 63.4 Å². The van der Waals surface area contributed by atoms with Gasteiger partial charge in [-0.3, -0.25) is 9.47 Å². The van der Waals surface area contributed by atoms with Gasteiger partial charge in [0.25, 0.3) is 0 Å². The Kier molecular flexibility index (Phi) is 7.52. The molecule has 0 aliphatic carbocycles. The Balaban J connectivity index is 1.32. The number of thioether (sulfide) groups is 1. The van der Waals surface area contributed by atoms with E-state index in [1.807, 2.05) is 12.1 Å². The van der Waals surface area contributed by atoms with E-state index >= 15 is 0 Å². The number of rotatable bonds is 8. The summed E-state index contributed by atoms with van der Waals surface area (Å²) >= 11 is 1.75. The van der Waals surface area contributed by atoms with Crippen molar-refractivity contribution < 1.29 is 9.47 Å². The van der Waals surface area contributed by atoms with Crippen LogP contribution in [0.4, 0.5) is 0 Å². The number of nitrogens with zero attached hydrogens (tertiary/aromatic N) is 4. The van der Waals surface area contributed by atoms with Crippen molar-refractivity contribution in [2.24, 2.45) is 0 Å². The average Bonchev–Trinajstić information content (AvgIpc) is 3.55. The van der Waals surface area contributed by atoms with Gasteiger partial charge in [-0.15, -0.1) is 10.2 Å². The van der Waals surface area contributed by atoms with Crippen LogP contribution < -0.4 is 4.74 Å². The molecule has 0 amide bonds. The van der Waals surface area contributed by atoms with Gasteiger partial charge in [-0.25, -0.2) is 0 Å². The summed E-state index contributed by atoms with van der Waals surface area (Å²) in [5.41, 5.74) is 3.76. The monoisotopic (exact) mass is 478 g/mol. The molecule has 1 aromatic heterocycles. The van der Waals surface area contributed by atoms with E-state index < -0.39 is 0 Å². The number of hydrogen-bond acceptors (Lipinski definition) is 6. The van der Waals surface area contributed by atoms with E-state index in [4.69, 9.17) is 14.6 Å². The zero-order valence-corrected chi connectivity index (χ0v) is 21.0. The second-order valence-electron chi connectivity index (χ2n) is 9.36. The quantitative estimate of drug-likeness (QED) is 0.413. The predicted molar refractivity (Wildman–Crippen MR) is 136 cm³/mol. The van der Waals surface area contributed by atoms with Crippen LogP contribution in [0.5, 0.6) is 5.75 Å². The first-order valence-electron chi connectivity index (χ1n) is 12.3. The molecule has 3 aromatic rings. The molecular weight excluding hydrogens is 444 g/mol. The molecule has 2 saturated heterocycles. The number of aryl methyl sites for hydroxylation is 1. The van der Waals surface area contributed by atoms with Gasteiger partial charge in [0.1, 0.15) is 11.6 Å². The Bertz CT molecular complexity index is 1070. The van der Waals surface area contributed by atoms with E-state index in [0.717, 1.165) is 80.1 Å². The number of ether oxygens (including phenoxy) is 2. The minimum Gasteiger partial charge on any atom is -0.497 e. The molecule has 180 valence electrons. The third kappa shape index (κ3) is 5.48. The molecule has 0 spiro atoms. The van der Waals surface area contributed by atoms with E-state index in [1.165, 1.54) is 11.1 Å². The Morgan fingerprint density at radius 2 is 1.88 bits per heavy atom. The van der Waals surface area contributed by atoms with Crippen molar-refractivity contribution in [2.45, 2.75) is 56.3 Å². The minimum absolute atomic E-state index is 0.314. The summed E-state index contributed by atoms with van der Waals surface area (Å²) < 4.78 is 13.6. The first-order valence-corrected chi connectivity index (χ1v) is 13.3. The molecule has 2 aliphatic rings. The number of hydrogen-bond donors (Lipinski definition) is 0. The molecule has 0 saturated carbocycles. The molecule has 2 aliphatic heterocycles. The maximum Gasteiger partial charge on any atom is 0.195 e. The van der Waals surface area contributed by atoms with Gasteiger partial charge in [0.05, 0.1) is 18.9 Å². The van der Waals surface area contributed by atoms with Crippen molar-refractivity contribution in [3.63, 3.8) is 0 Å². The Hall–Kier alpha value is -2.35. The maximum atomic E-state index is 5.84. The Morgan fingerprint density at radius 1 is 1.06 bits per heavy atom. The van der Waals surface area contributed by atoms with Crippen LogP contribution >= 0.6 is 11.8 Å². The lowest BCUT2D eigenvalue weighted by atomic mass is 9.95. The summed E-state index contributed by atoms with van der Waals surface area (Å²) in [5.74, 6) is 3.22. The SMILES string of the molecule is COc1cccc(-n2c(SCC3CCCO3)nnc2C2CCN(Cc3ccc(C)cc3)CC2)c1. The molecule has 1 atom stereocenters. The van der Waals surface area contributed by atoms with Crippen LogP contribution in [0.3, 0.4) is 0 Å². The van der Waals surface area contributed by atoms with Gasteiger partial charge < -0.3 is 9.47 Å². The van der Waals surface area contributed by atoms with Gasteiger partial charge in [-0.1, -0.05) is 47.7 Å². The average molecular weight is 479 g/mol. The maximum absolute atomic E-state index is 5.84. The standard InChI is InChI=1S/C27H34N4O2S/c1-20-8-10-21(11-9-20)18-30-14-12-22(13-15-30)26-28-29-27(34-19-25-7-4-16-33-25)31(26)23-5-3-6-24(17-23)32-2/h3,5-6,8-11,17,22,25H,4,7,12-16,18-19H2,1-2H3. The fourth-order valence-corrected chi connectivity index (χ4v) is 5.90. The fraction of sp³-hybridized carbons (Fsp3) is 0.481. The van der Waals surface area contributed by atoms with Crippen molar-refractivity contribution in [3.05, 3.63) is 65.5 Å². The zero-order chi connectivity index (χ0) is 23.3. The van der Waals surface area contributed by atoms with E-state index in [0.29, 0.717) is 12.0 Å². The van der Waals surface area contributed by atoms with Gasteiger partial charge in [-0.2, -0.15) is 0 Å². The van der Waals surface area contributed by atoms with Gasteiger partial charge in [0.15, 0.2) is 5.16 Å². The number of likely N-dealkylation sites (tertiary alicyclic amines) is 1. The molecule has 2 fully saturated rings. The van der Waals surface area contributed by atoms with Crippen LogP contribution in [0.25, 0.3) is 5.69 Å². The summed E-state index contributed by atoms with van der Waals surface area (Å²) in [4.78, 5) is 2.56. The lowest BCUT2D eigenvalue weighted by Crippen LogP contribution is -2.33. The molecule has 34 heavy (non-hydrogen) atoms. The van der Waals surface area contributed by atoms with Crippen LogP contribution in [-0.2, 0) is 11.3 Å². The van der Waals surface area contributed by atoms with Crippen LogP contribution in [0.2, 0.25) is 0 Å². The van der Waals surface area contributed by atoms with E-state index in [9.17, 15) is 0 Å². The highest BCUT2D eigenvalue weighted by Crippen LogP contribution is 2.34. The summed E-state index contributed by atoms with van der Waals surface area (Å²) in [6, 6.07) is 17.1. The lowest BCUT2D eigenvalue weighted by molar-refractivity contribution is 0.129. The minimum atomic E-state index is 0.314. The van der Waals surface area contributed by atoms with Gasteiger partial charge >= 0.3 is 0 Å². The van der Waals surface area contributed by atoms with Crippen molar-refractivity contribution in [1.82, 2.24) is 19.7 Å². The number of methoxy groups -OCH3 is 1. The highest BCUT2D eigenvalue weighted by atomic mass is 32.2. The number of aromatic nitrogens is 3. The smallest absolute Gasteiger partial charge is 0.195 e. The second-order valence-corrected chi connectivity index (χ2v) is 10.3. The van der Waals surface area contributed by atoms with Gasteiger partial charge in [0, 0.05) is 30.9 Å². The fourth-order valence-electron chi connectivity index (χ4n) is 4.88. The third-order valence-electron chi connectivity index (χ3n) is 6.87. The molecule has 1 unspecified atom stereocenters. The van der Waals surface area contributed by atoms with Crippen LogP contribution in [0.15, 0.2) is 53.7 Å².